The number of fused-ring (bicyclic) bond motifs is 1. The van der Waals surface area contributed by atoms with E-state index in [1.165, 1.54) is 0 Å². The molecule has 146 valence electrons. The predicted octanol–water partition coefficient (Wildman–Crippen LogP) is 3.35. The number of piperidine rings is 1. The highest BCUT2D eigenvalue weighted by Crippen LogP contribution is 2.30. The number of rotatable bonds is 4. The highest BCUT2D eigenvalue weighted by atomic mass is 16.5. The average molecular weight is 380 g/mol. The third kappa shape index (κ3) is 3.77. The molecule has 1 saturated heterocycles. The van der Waals surface area contributed by atoms with E-state index in [2.05, 4.69) is 32.7 Å². The topological polar surface area (TPSA) is 84.3 Å². The first-order chi connectivity index (χ1) is 13.6. The number of ether oxygens (including phenoxy) is 1. The van der Waals surface area contributed by atoms with Crippen molar-refractivity contribution in [3.63, 3.8) is 0 Å². The van der Waals surface area contributed by atoms with E-state index in [-0.39, 0.29) is 6.03 Å². The molecule has 3 heterocycles. The van der Waals surface area contributed by atoms with Crippen molar-refractivity contribution in [1.82, 2.24) is 19.7 Å². The average Bonchev–Trinajstić information content (AvgIpc) is 3.17. The van der Waals surface area contributed by atoms with Gasteiger partial charge >= 0.3 is 6.03 Å². The Bertz CT molecular complexity index is 978. The summed E-state index contributed by atoms with van der Waals surface area (Å²) in [7, 11) is 3.75. The fraction of sp³-hybridized carbons (Fsp3) is 0.350. The molecule has 1 aliphatic heterocycles. The standard InChI is InChI=1S/C20H24N6O2/c1-25-10-7-15(8-11-25)26-13-14(12-22-26)23-20(27)24-17-5-6-18(28-2)16-4-3-9-21-19(16)17/h3-6,9,12-13,15H,7-8,10-11H2,1-2H3,(H2,23,24,27). The largest absolute Gasteiger partial charge is 0.496 e. The van der Waals surface area contributed by atoms with E-state index in [0.717, 1.165) is 31.3 Å². The van der Waals surface area contributed by atoms with Crippen molar-refractivity contribution < 1.29 is 9.53 Å². The Morgan fingerprint density at radius 3 is 2.82 bits per heavy atom. The molecule has 28 heavy (non-hydrogen) atoms. The van der Waals surface area contributed by atoms with Gasteiger partial charge < -0.3 is 20.3 Å². The van der Waals surface area contributed by atoms with E-state index in [1.807, 2.05) is 29.1 Å². The summed E-state index contributed by atoms with van der Waals surface area (Å²) >= 11 is 0. The lowest BCUT2D eigenvalue weighted by molar-refractivity contribution is 0.212. The second kappa shape index (κ2) is 7.85. The Morgan fingerprint density at radius 1 is 1.21 bits per heavy atom. The van der Waals surface area contributed by atoms with Gasteiger partial charge in [0.1, 0.15) is 5.75 Å². The van der Waals surface area contributed by atoms with E-state index in [4.69, 9.17) is 4.74 Å². The number of nitrogens with zero attached hydrogens (tertiary/aromatic N) is 4. The van der Waals surface area contributed by atoms with Gasteiger partial charge in [0.25, 0.3) is 0 Å². The Balaban J connectivity index is 1.45. The number of pyridine rings is 1. The molecule has 1 fully saturated rings. The molecule has 0 unspecified atom stereocenters. The van der Waals surface area contributed by atoms with Crippen molar-refractivity contribution in [3.05, 3.63) is 42.9 Å². The second-order valence-electron chi connectivity index (χ2n) is 7.04. The Kier molecular flexibility index (Phi) is 5.12. The molecule has 8 nitrogen and oxygen atoms in total. The molecule has 2 aromatic heterocycles. The monoisotopic (exact) mass is 380 g/mol. The first-order valence-corrected chi connectivity index (χ1v) is 9.36. The van der Waals surface area contributed by atoms with Crippen LogP contribution in [-0.4, -0.2) is 52.9 Å². The fourth-order valence-electron chi connectivity index (χ4n) is 3.57. The van der Waals surface area contributed by atoms with Gasteiger partial charge in [-0.2, -0.15) is 5.10 Å². The molecule has 0 aliphatic carbocycles. The molecule has 1 aliphatic rings. The molecule has 4 rings (SSSR count). The predicted molar refractivity (Wildman–Crippen MR) is 109 cm³/mol. The van der Waals surface area contributed by atoms with Crippen LogP contribution in [0.15, 0.2) is 42.9 Å². The number of carbonyl (C=O) groups is 1. The quantitative estimate of drug-likeness (QED) is 0.725. The van der Waals surface area contributed by atoms with E-state index in [0.29, 0.717) is 28.7 Å². The minimum absolute atomic E-state index is 0.333. The highest BCUT2D eigenvalue weighted by molar-refractivity contribution is 6.06. The molecule has 3 aromatic rings. The van der Waals surface area contributed by atoms with Gasteiger partial charge in [0.15, 0.2) is 0 Å². The number of methoxy groups -OCH3 is 1. The number of aromatic nitrogens is 3. The Labute approximate surface area is 163 Å². The molecule has 0 radical (unpaired) electrons. The van der Waals surface area contributed by atoms with Gasteiger partial charge in [-0.25, -0.2) is 4.79 Å². The summed E-state index contributed by atoms with van der Waals surface area (Å²) in [5, 5.41) is 11.0. The van der Waals surface area contributed by atoms with E-state index >= 15 is 0 Å². The summed E-state index contributed by atoms with van der Waals surface area (Å²) in [4.78, 5) is 19.2. The first kappa shape index (κ1) is 18.2. The molecule has 0 atom stereocenters. The van der Waals surface area contributed by atoms with Crippen LogP contribution in [0.1, 0.15) is 18.9 Å². The number of hydrogen-bond acceptors (Lipinski definition) is 5. The van der Waals surface area contributed by atoms with Gasteiger partial charge in [-0.1, -0.05) is 0 Å². The van der Waals surface area contributed by atoms with Gasteiger partial charge in [0.2, 0.25) is 0 Å². The van der Waals surface area contributed by atoms with Crippen molar-refractivity contribution in [1.29, 1.82) is 0 Å². The SMILES string of the molecule is COc1ccc(NC(=O)Nc2cnn(C3CCN(C)CC3)c2)c2ncccc12. The lowest BCUT2D eigenvalue weighted by Crippen LogP contribution is -2.31. The van der Waals surface area contributed by atoms with E-state index in [9.17, 15) is 4.79 Å². The zero-order valence-corrected chi connectivity index (χ0v) is 16.1. The van der Waals surface area contributed by atoms with Gasteiger partial charge in [0, 0.05) is 17.8 Å². The van der Waals surface area contributed by atoms with Crippen molar-refractivity contribution in [2.24, 2.45) is 0 Å². The fourth-order valence-corrected chi connectivity index (χ4v) is 3.57. The molecule has 0 saturated carbocycles. The van der Waals surface area contributed by atoms with E-state index < -0.39 is 0 Å². The van der Waals surface area contributed by atoms with Crippen molar-refractivity contribution >= 4 is 28.3 Å². The lowest BCUT2D eigenvalue weighted by Gasteiger charge is -2.28. The maximum absolute atomic E-state index is 12.5. The summed E-state index contributed by atoms with van der Waals surface area (Å²) in [6, 6.07) is 7.40. The number of anilines is 2. The molecule has 1 aromatic carbocycles. The summed E-state index contributed by atoms with van der Waals surface area (Å²) in [6.45, 7) is 2.12. The highest BCUT2D eigenvalue weighted by Gasteiger charge is 2.19. The molecule has 0 bridgehead atoms. The number of amides is 2. The van der Waals surface area contributed by atoms with E-state index in [1.54, 1.807) is 25.6 Å². The number of hydrogen-bond donors (Lipinski definition) is 2. The minimum Gasteiger partial charge on any atom is -0.496 e. The molecular weight excluding hydrogens is 356 g/mol. The van der Waals surface area contributed by atoms with Crippen LogP contribution in [-0.2, 0) is 0 Å². The van der Waals surface area contributed by atoms with Crippen molar-refractivity contribution in [2.75, 3.05) is 37.9 Å². The zero-order valence-electron chi connectivity index (χ0n) is 16.1. The Hall–Kier alpha value is -3.13. The third-order valence-electron chi connectivity index (χ3n) is 5.12. The van der Waals surface area contributed by atoms with Crippen LogP contribution in [0.4, 0.5) is 16.2 Å². The van der Waals surface area contributed by atoms with Crippen LogP contribution in [0.25, 0.3) is 10.9 Å². The summed E-state index contributed by atoms with van der Waals surface area (Å²) in [5.41, 5.74) is 1.97. The summed E-state index contributed by atoms with van der Waals surface area (Å²) < 4.78 is 7.32. The van der Waals surface area contributed by atoms with Gasteiger partial charge in [-0.15, -0.1) is 0 Å². The summed E-state index contributed by atoms with van der Waals surface area (Å²) in [5.74, 6) is 0.716. The van der Waals surface area contributed by atoms with Gasteiger partial charge in [-0.05, 0) is 57.2 Å². The molecule has 2 amide bonds. The number of likely N-dealkylation sites (tertiary alicyclic amines) is 1. The second-order valence-corrected chi connectivity index (χ2v) is 7.04. The molecule has 0 spiro atoms. The molecule has 2 N–H and O–H groups in total. The smallest absolute Gasteiger partial charge is 0.323 e. The minimum atomic E-state index is -0.333. The van der Waals surface area contributed by atoms with Crippen LogP contribution in [0.2, 0.25) is 0 Å². The van der Waals surface area contributed by atoms with Crippen LogP contribution in [0.5, 0.6) is 5.75 Å². The summed E-state index contributed by atoms with van der Waals surface area (Å²) in [6.07, 6.45) is 7.39. The van der Waals surface area contributed by atoms with Crippen molar-refractivity contribution in [3.8, 4) is 5.75 Å². The first-order valence-electron chi connectivity index (χ1n) is 9.36. The van der Waals surface area contributed by atoms with Gasteiger partial charge in [-0.3, -0.25) is 9.67 Å². The lowest BCUT2D eigenvalue weighted by atomic mass is 10.1. The normalized spacial score (nSPS) is 15.5. The zero-order chi connectivity index (χ0) is 19.5. The maximum Gasteiger partial charge on any atom is 0.323 e. The van der Waals surface area contributed by atoms with Crippen LogP contribution >= 0.6 is 0 Å². The van der Waals surface area contributed by atoms with Crippen molar-refractivity contribution in [2.45, 2.75) is 18.9 Å². The van der Waals surface area contributed by atoms with Gasteiger partial charge in [0.05, 0.1) is 36.2 Å². The number of benzene rings is 1. The van der Waals surface area contributed by atoms with Crippen LogP contribution < -0.4 is 15.4 Å². The number of nitrogens with one attached hydrogen (secondary N) is 2. The number of carbonyl (C=O) groups excluding carboxylic acids is 1. The van der Waals surface area contributed by atoms with Crippen LogP contribution in [0.3, 0.4) is 0 Å². The molecule has 8 heteroatoms. The third-order valence-corrected chi connectivity index (χ3v) is 5.12. The Morgan fingerprint density at radius 2 is 2.04 bits per heavy atom. The molecular formula is C20H24N6O2. The van der Waals surface area contributed by atoms with Crippen LogP contribution in [0, 0.1) is 0 Å². The number of urea groups is 1. The maximum atomic E-state index is 12.5.